The molecule has 0 saturated heterocycles. The summed E-state index contributed by atoms with van der Waals surface area (Å²) in [5, 5.41) is 8.77. The molecule has 0 aromatic rings. The Labute approximate surface area is 67.3 Å². The van der Waals surface area contributed by atoms with Crippen molar-refractivity contribution in [1.29, 1.82) is 0 Å². The van der Waals surface area contributed by atoms with Crippen LogP contribution in [0.3, 0.4) is 0 Å². The van der Waals surface area contributed by atoms with E-state index >= 15 is 0 Å². The predicted molar refractivity (Wildman–Crippen MR) is 47.1 cm³/mol. The zero-order valence-corrected chi connectivity index (χ0v) is 6.53. The Hall–Kier alpha value is -0.565. The fourth-order valence-corrected chi connectivity index (χ4v) is 1.48. The maximum Gasteiger partial charge on any atom is 0.306 e. The van der Waals surface area contributed by atoms with Crippen molar-refractivity contribution in [3.05, 3.63) is 11.5 Å². The second-order valence-electron chi connectivity index (χ2n) is 3.36. The van der Waals surface area contributed by atoms with E-state index in [1.165, 1.54) is 12.8 Å². The van der Waals surface area contributed by atoms with Crippen molar-refractivity contribution in [3.8, 4) is 0 Å². The molecule has 0 spiro atoms. The second-order valence-corrected chi connectivity index (χ2v) is 3.36. The largest absolute Gasteiger partial charge is 0.449 e. The first kappa shape index (κ1) is 7.10. The van der Waals surface area contributed by atoms with Gasteiger partial charge in [0.25, 0.3) is 0 Å². The summed E-state index contributed by atoms with van der Waals surface area (Å²) in [4.78, 5) is 4.39. The van der Waals surface area contributed by atoms with Crippen LogP contribution in [-0.2, 0) is 0 Å². The van der Waals surface area contributed by atoms with Crippen LogP contribution in [0.5, 0.6) is 0 Å². The molecule has 1 aliphatic carbocycles. The van der Waals surface area contributed by atoms with Crippen LogP contribution in [0.2, 0.25) is 0 Å². The quantitative estimate of drug-likeness (QED) is 0.568. The summed E-state index contributed by atoms with van der Waals surface area (Å²) in [5.74, 6) is 0.850. The van der Waals surface area contributed by atoms with Crippen molar-refractivity contribution in [2.24, 2.45) is 10.9 Å². The summed E-state index contributed by atoms with van der Waals surface area (Å²) >= 11 is 0. The van der Waals surface area contributed by atoms with Gasteiger partial charge >= 0.3 is 7.48 Å². The summed E-state index contributed by atoms with van der Waals surface area (Å²) in [5.41, 5.74) is 0.974. The van der Waals surface area contributed by atoms with Crippen molar-refractivity contribution in [1.82, 2.24) is 0 Å². The van der Waals surface area contributed by atoms with Crippen molar-refractivity contribution < 1.29 is 5.02 Å². The van der Waals surface area contributed by atoms with E-state index in [-0.39, 0.29) is 7.48 Å². The highest BCUT2D eigenvalue weighted by molar-refractivity contribution is 6.44. The van der Waals surface area contributed by atoms with E-state index in [2.05, 4.69) is 11.1 Å². The lowest BCUT2D eigenvalue weighted by Crippen LogP contribution is -2.13. The minimum atomic E-state index is 0.140. The Bertz CT molecular complexity index is 208. The molecule has 1 N–H and O–H groups in total. The molecular weight excluding hydrogens is 137 g/mol. The maximum atomic E-state index is 8.77. The van der Waals surface area contributed by atoms with Crippen molar-refractivity contribution in [2.45, 2.75) is 25.3 Å². The number of dihydropyridines is 1. The van der Waals surface area contributed by atoms with Crippen molar-refractivity contribution in [2.75, 3.05) is 0 Å². The summed E-state index contributed by atoms with van der Waals surface area (Å²) in [6.07, 6.45) is 7.67. The van der Waals surface area contributed by atoms with Gasteiger partial charge in [-0.3, -0.25) is 4.99 Å². The van der Waals surface area contributed by atoms with Crippen LogP contribution in [0.15, 0.2) is 16.5 Å². The van der Waals surface area contributed by atoms with E-state index in [0.717, 1.165) is 17.8 Å². The molecule has 0 radical (unpaired) electrons. The van der Waals surface area contributed by atoms with Gasteiger partial charge in [-0.25, -0.2) is 0 Å². The molecule has 58 valence electrons. The van der Waals surface area contributed by atoms with E-state index in [4.69, 9.17) is 5.02 Å². The number of rotatable bonds is 2. The van der Waals surface area contributed by atoms with Gasteiger partial charge in [-0.2, -0.15) is 0 Å². The highest BCUT2D eigenvalue weighted by atomic mass is 16.2. The number of allylic oxidation sites excluding steroid dienone is 1. The van der Waals surface area contributed by atoms with Crippen LogP contribution >= 0.6 is 0 Å². The zero-order valence-electron chi connectivity index (χ0n) is 6.53. The average Bonchev–Trinajstić information content (AvgIpc) is 2.87. The SMILES string of the molecule is OBC1=CCC(C2CC2)N=C1. The third kappa shape index (κ3) is 1.53. The Morgan fingerprint density at radius 1 is 1.55 bits per heavy atom. The normalized spacial score (nSPS) is 29.9. The average molecular weight is 149 g/mol. The van der Waals surface area contributed by atoms with Gasteiger partial charge < -0.3 is 5.02 Å². The standard InChI is InChI=1S/C8H12BNO/c11-9-7-3-4-8(10-5-7)6-1-2-6/h3,5-6,8-9,11H,1-2,4H2. The maximum absolute atomic E-state index is 8.77. The summed E-state index contributed by atoms with van der Waals surface area (Å²) in [6.45, 7) is 0. The van der Waals surface area contributed by atoms with Crippen LogP contribution in [0.1, 0.15) is 19.3 Å². The number of hydrogen-bond donors (Lipinski definition) is 1. The minimum Gasteiger partial charge on any atom is -0.449 e. The van der Waals surface area contributed by atoms with E-state index in [1.807, 2.05) is 6.21 Å². The molecule has 1 aliphatic heterocycles. The molecule has 1 unspecified atom stereocenters. The summed E-state index contributed by atoms with van der Waals surface area (Å²) in [6, 6.07) is 0.533. The van der Waals surface area contributed by atoms with Gasteiger partial charge in [0.15, 0.2) is 0 Å². The molecule has 1 saturated carbocycles. The van der Waals surface area contributed by atoms with E-state index in [9.17, 15) is 0 Å². The molecule has 2 aliphatic rings. The fourth-order valence-electron chi connectivity index (χ4n) is 1.48. The van der Waals surface area contributed by atoms with E-state index in [0.29, 0.717) is 6.04 Å². The molecule has 1 atom stereocenters. The molecule has 0 bridgehead atoms. The third-order valence-corrected chi connectivity index (χ3v) is 2.40. The lowest BCUT2D eigenvalue weighted by atomic mass is 9.85. The number of hydrogen-bond acceptors (Lipinski definition) is 2. The van der Waals surface area contributed by atoms with Crippen molar-refractivity contribution >= 4 is 13.7 Å². The Morgan fingerprint density at radius 3 is 2.82 bits per heavy atom. The Morgan fingerprint density at radius 2 is 2.36 bits per heavy atom. The van der Waals surface area contributed by atoms with E-state index < -0.39 is 0 Å². The van der Waals surface area contributed by atoms with Gasteiger partial charge in [-0.15, -0.1) is 0 Å². The minimum absolute atomic E-state index is 0.140. The van der Waals surface area contributed by atoms with E-state index in [1.54, 1.807) is 0 Å². The van der Waals surface area contributed by atoms with Gasteiger partial charge in [-0.1, -0.05) is 6.08 Å². The Balaban J connectivity index is 1.94. The summed E-state index contributed by atoms with van der Waals surface area (Å²) < 4.78 is 0. The summed E-state index contributed by atoms with van der Waals surface area (Å²) in [7, 11) is 0.140. The molecule has 11 heavy (non-hydrogen) atoms. The van der Waals surface area contributed by atoms with Gasteiger partial charge in [0.1, 0.15) is 0 Å². The first-order chi connectivity index (χ1) is 5.40. The van der Waals surface area contributed by atoms with Crippen LogP contribution in [0.25, 0.3) is 0 Å². The number of nitrogens with zero attached hydrogens (tertiary/aromatic N) is 1. The lowest BCUT2D eigenvalue weighted by Gasteiger charge is -2.12. The highest BCUT2D eigenvalue weighted by Gasteiger charge is 2.30. The van der Waals surface area contributed by atoms with Gasteiger partial charge in [0.05, 0.1) is 6.04 Å². The fraction of sp³-hybridized carbons (Fsp3) is 0.625. The van der Waals surface area contributed by atoms with Gasteiger partial charge in [0, 0.05) is 6.21 Å². The van der Waals surface area contributed by atoms with Gasteiger partial charge in [0.2, 0.25) is 0 Å². The first-order valence-corrected chi connectivity index (χ1v) is 4.23. The van der Waals surface area contributed by atoms with Crippen molar-refractivity contribution in [3.63, 3.8) is 0 Å². The molecule has 0 aromatic carbocycles. The lowest BCUT2D eigenvalue weighted by molar-refractivity contribution is 0.595. The first-order valence-electron chi connectivity index (χ1n) is 4.23. The highest BCUT2D eigenvalue weighted by Crippen LogP contribution is 2.36. The van der Waals surface area contributed by atoms with Crippen LogP contribution in [0.4, 0.5) is 0 Å². The molecule has 2 nitrogen and oxygen atoms in total. The van der Waals surface area contributed by atoms with Crippen LogP contribution in [0, 0.1) is 5.92 Å². The van der Waals surface area contributed by atoms with Crippen LogP contribution in [-0.4, -0.2) is 24.8 Å². The Kier molecular flexibility index (Phi) is 1.82. The molecule has 1 heterocycles. The molecule has 2 rings (SSSR count). The second kappa shape index (κ2) is 2.82. The molecule has 0 aromatic heterocycles. The topological polar surface area (TPSA) is 32.6 Å². The third-order valence-electron chi connectivity index (χ3n) is 2.40. The number of aliphatic imine (C=N–C) groups is 1. The monoisotopic (exact) mass is 149 g/mol. The molecule has 0 amide bonds. The molecule has 3 heteroatoms. The zero-order chi connectivity index (χ0) is 7.68. The molecule has 1 fully saturated rings. The van der Waals surface area contributed by atoms with Gasteiger partial charge in [-0.05, 0) is 30.7 Å². The molecular formula is C8H12BNO. The predicted octanol–water partition coefficient (Wildman–Crippen LogP) is 0.467. The van der Waals surface area contributed by atoms with Crippen LogP contribution < -0.4 is 0 Å². The smallest absolute Gasteiger partial charge is 0.306 e.